The minimum absolute atomic E-state index is 0.634. The van der Waals surface area contributed by atoms with Gasteiger partial charge in [-0.2, -0.15) is 0 Å². The lowest BCUT2D eigenvalue weighted by molar-refractivity contribution is 0.462. The standard InChI is InChI=1S/C17H16N2OS/c1-3-13-9-19-17(8-12(13)2)20-15-6-4-14(5-7-15)16-10-18-11-21-16/h4-11H,3H2,1-2H3. The summed E-state index contributed by atoms with van der Waals surface area (Å²) in [4.78, 5) is 9.60. The van der Waals surface area contributed by atoms with Crippen LogP contribution in [0.15, 0.2) is 48.2 Å². The van der Waals surface area contributed by atoms with Gasteiger partial charge in [0.1, 0.15) is 5.75 Å². The fourth-order valence-electron chi connectivity index (χ4n) is 2.15. The molecular weight excluding hydrogens is 280 g/mol. The minimum Gasteiger partial charge on any atom is -0.439 e. The second kappa shape index (κ2) is 6.06. The van der Waals surface area contributed by atoms with Crippen molar-refractivity contribution in [3.05, 3.63) is 59.4 Å². The van der Waals surface area contributed by atoms with Gasteiger partial charge in [0.2, 0.25) is 5.88 Å². The summed E-state index contributed by atoms with van der Waals surface area (Å²) >= 11 is 1.63. The maximum Gasteiger partial charge on any atom is 0.219 e. The van der Waals surface area contributed by atoms with Gasteiger partial charge in [-0.25, -0.2) is 4.98 Å². The summed E-state index contributed by atoms with van der Waals surface area (Å²) in [6, 6.07) is 9.97. The Kier molecular flexibility index (Phi) is 3.97. The summed E-state index contributed by atoms with van der Waals surface area (Å²) in [5.74, 6) is 1.43. The van der Waals surface area contributed by atoms with Crippen LogP contribution in [0.4, 0.5) is 0 Å². The van der Waals surface area contributed by atoms with Gasteiger partial charge in [-0.15, -0.1) is 11.3 Å². The van der Waals surface area contributed by atoms with E-state index in [1.807, 2.05) is 48.2 Å². The summed E-state index contributed by atoms with van der Waals surface area (Å²) in [5.41, 5.74) is 5.45. The Morgan fingerprint density at radius 1 is 1.14 bits per heavy atom. The van der Waals surface area contributed by atoms with Gasteiger partial charge in [0.15, 0.2) is 0 Å². The molecule has 0 radical (unpaired) electrons. The van der Waals surface area contributed by atoms with Gasteiger partial charge < -0.3 is 4.74 Å². The number of hydrogen-bond donors (Lipinski definition) is 0. The highest BCUT2D eigenvalue weighted by molar-refractivity contribution is 7.13. The van der Waals surface area contributed by atoms with Crippen molar-refractivity contribution >= 4 is 11.3 Å². The van der Waals surface area contributed by atoms with Crippen molar-refractivity contribution in [3.63, 3.8) is 0 Å². The first-order chi connectivity index (χ1) is 10.3. The van der Waals surface area contributed by atoms with Gasteiger partial charge in [0, 0.05) is 18.5 Å². The number of aromatic nitrogens is 2. The average Bonchev–Trinajstić information content (AvgIpc) is 3.02. The van der Waals surface area contributed by atoms with Gasteiger partial charge in [-0.1, -0.05) is 6.92 Å². The highest BCUT2D eigenvalue weighted by Crippen LogP contribution is 2.27. The van der Waals surface area contributed by atoms with Crippen molar-refractivity contribution in [3.8, 4) is 22.1 Å². The van der Waals surface area contributed by atoms with Crippen molar-refractivity contribution in [2.45, 2.75) is 20.3 Å². The Bertz CT molecular complexity index is 721. The molecule has 0 unspecified atom stereocenters. The third-order valence-electron chi connectivity index (χ3n) is 3.37. The highest BCUT2D eigenvalue weighted by Gasteiger charge is 2.04. The van der Waals surface area contributed by atoms with Crippen molar-refractivity contribution in [2.24, 2.45) is 0 Å². The van der Waals surface area contributed by atoms with Crippen LogP contribution < -0.4 is 4.74 Å². The quantitative estimate of drug-likeness (QED) is 0.689. The molecule has 0 aliphatic carbocycles. The van der Waals surface area contributed by atoms with E-state index in [4.69, 9.17) is 4.74 Å². The molecule has 0 aliphatic rings. The zero-order chi connectivity index (χ0) is 14.7. The van der Waals surface area contributed by atoms with Gasteiger partial charge >= 0.3 is 0 Å². The van der Waals surface area contributed by atoms with Crippen LogP contribution in [-0.4, -0.2) is 9.97 Å². The Morgan fingerprint density at radius 3 is 2.57 bits per heavy atom. The van der Waals surface area contributed by atoms with Crippen LogP contribution in [0, 0.1) is 6.92 Å². The number of aryl methyl sites for hydroxylation is 2. The minimum atomic E-state index is 0.634. The predicted octanol–water partition coefficient (Wildman–Crippen LogP) is 4.87. The van der Waals surface area contributed by atoms with E-state index in [1.165, 1.54) is 11.1 Å². The molecule has 2 heterocycles. The van der Waals surface area contributed by atoms with E-state index in [2.05, 4.69) is 23.8 Å². The maximum absolute atomic E-state index is 5.81. The van der Waals surface area contributed by atoms with Gasteiger partial charge in [0.25, 0.3) is 0 Å². The fourth-order valence-corrected chi connectivity index (χ4v) is 2.78. The predicted molar refractivity (Wildman–Crippen MR) is 86.0 cm³/mol. The highest BCUT2D eigenvalue weighted by atomic mass is 32.1. The molecule has 1 aromatic carbocycles. The zero-order valence-electron chi connectivity index (χ0n) is 12.0. The van der Waals surface area contributed by atoms with Crippen LogP contribution in [0.2, 0.25) is 0 Å². The summed E-state index contributed by atoms with van der Waals surface area (Å²) in [5, 5.41) is 0. The Labute approximate surface area is 128 Å². The van der Waals surface area contributed by atoms with Crippen molar-refractivity contribution in [1.82, 2.24) is 9.97 Å². The second-order valence-corrected chi connectivity index (χ2v) is 5.68. The third-order valence-corrected chi connectivity index (χ3v) is 4.19. The molecule has 21 heavy (non-hydrogen) atoms. The smallest absolute Gasteiger partial charge is 0.219 e. The normalized spacial score (nSPS) is 10.6. The topological polar surface area (TPSA) is 35.0 Å². The number of rotatable bonds is 4. The maximum atomic E-state index is 5.81. The third kappa shape index (κ3) is 3.11. The van der Waals surface area contributed by atoms with Crippen molar-refractivity contribution in [1.29, 1.82) is 0 Å². The van der Waals surface area contributed by atoms with Gasteiger partial charge in [0.05, 0.1) is 10.4 Å². The van der Waals surface area contributed by atoms with E-state index >= 15 is 0 Å². The molecule has 2 aromatic heterocycles. The number of thiazole rings is 1. The molecule has 0 saturated heterocycles. The molecule has 0 spiro atoms. The first kappa shape index (κ1) is 13.8. The number of nitrogens with zero attached hydrogens (tertiary/aromatic N) is 2. The molecule has 3 rings (SSSR count). The summed E-state index contributed by atoms with van der Waals surface area (Å²) in [6.45, 7) is 4.21. The summed E-state index contributed by atoms with van der Waals surface area (Å²) in [7, 11) is 0. The van der Waals surface area contributed by atoms with Crippen LogP contribution in [0.1, 0.15) is 18.1 Å². The van der Waals surface area contributed by atoms with Crippen LogP contribution in [-0.2, 0) is 6.42 Å². The van der Waals surface area contributed by atoms with Crippen LogP contribution in [0.25, 0.3) is 10.4 Å². The van der Waals surface area contributed by atoms with E-state index in [9.17, 15) is 0 Å². The number of pyridine rings is 1. The van der Waals surface area contributed by atoms with E-state index in [0.717, 1.165) is 22.6 Å². The Hall–Kier alpha value is -2.20. The molecule has 0 amide bonds. The molecule has 0 atom stereocenters. The zero-order valence-corrected chi connectivity index (χ0v) is 12.9. The molecule has 0 aliphatic heterocycles. The number of benzene rings is 1. The van der Waals surface area contributed by atoms with E-state index in [-0.39, 0.29) is 0 Å². The lowest BCUT2D eigenvalue weighted by Crippen LogP contribution is -1.93. The summed E-state index contributed by atoms with van der Waals surface area (Å²) in [6.07, 6.45) is 4.74. The van der Waals surface area contributed by atoms with E-state index in [1.54, 1.807) is 11.3 Å². The molecule has 3 aromatic rings. The molecule has 3 nitrogen and oxygen atoms in total. The SMILES string of the molecule is CCc1cnc(Oc2ccc(-c3cncs3)cc2)cc1C. The second-order valence-electron chi connectivity index (χ2n) is 4.79. The molecule has 0 saturated carbocycles. The molecule has 0 fully saturated rings. The Balaban J connectivity index is 1.77. The Morgan fingerprint density at radius 2 is 1.95 bits per heavy atom. The molecule has 4 heteroatoms. The molecular formula is C17H16N2OS. The lowest BCUT2D eigenvalue weighted by Gasteiger charge is -2.08. The molecule has 0 bridgehead atoms. The number of ether oxygens (including phenoxy) is 1. The monoisotopic (exact) mass is 296 g/mol. The molecule has 106 valence electrons. The average molecular weight is 296 g/mol. The van der Waals surface area contributed by atoms with Crippen molar-refractivity contribution < 1.29 is 4.74 Å². The largest absolute Gasteiger partial charge is 0.439 e. The van der Waals surface area contributed by atoms with Crippen LogP contribution in [0.3, 0.4) is 0 Å². The first-order valence-corrected chi connectivity index (χ1v) is 7.76. The van der Waals surface area contributed by atoms with Gasteiger partial charge in [-0.3, -0.25) is 4.98 Å². The fraction of sp³-hybridized carbons (Fsp3) is 0.176. The van der Waals surface area contributed by atoms with Crippen LogP contribution in [0.5, 0.6) is 11.6 Å². The van der Waals surface area contributed by atoms with Crippen molar-refractivity contribution in [2.75, 3.05) is 0 Å². The molecule has 0 N–H and O–H groups in total. The summed E-state index contributed by atoms with van der Waals surface area (Å²) < 4.78 is 5.81. The number of hydrogen-bond acceptors (Lipinski definition) is 4. The van der Waals surface area contributed by atoms with Gasteiger partial charge in [-0.05, 0) is 54.3 Å². The first-order valence-electron chi connectivity index (χ1n) is 6.88. The van der Waals surface area contributed by atoms with E-state index in [0.29, 0.717) is 5.88 Å². The van der Waals surface area contributed by atoms with E-state index < -0.39 is 0 Å². The lowest BCUT2D eigenvalue weighted by atomic mass is 10.1. The van der Waals surface area contributed by atoms with Crippen LogP contribution >= 0.6 is 11.3 Å².